The summed E-state index contributed by atoms with van der Waals surface area (Å²) in [6.07, 6.45) is 2.67. The highest BCUT2D eigenvalue weighted by molar-refractivity contribution is 6.30. The molecule has 234 valence electrons. The average molecular weight is 636 g/mol. The maximum atomic E-state index is 14.8. The number of hydrogen-bond acceptors (Lipinski definition) is 9. The van der Waals surface area contributed by atoms with Crippen molar-refractivity contribution in [2.75, 3.05) is 31.2 Å². The first-order valence-corrected chi connectivity index (χ1v) is 15.1. The number of aromatic carboxylic acids is 1. The number of halogens is 2. The molecular formula is C32H31ClFN5O6. The molecule has 0 saturated carbocycles. The summed E-state index contributed by atoms with van der Waals surface area (Å²) in [5, 5.41) is 16.6. The Bertz CT molecular complexity index is 1830. The number of nitrogens with zero attached hydrogens (tertiary/aromatic N) is 5. The summed E-state index contributed by atoms with van der Waals surface area (Å²) in [6.45, 7) is 6.68. The van der Waals surface area contributed by atoms with E-state index in [1.54, 1.807) is 37.5 Å². The molecule has 1 saturated heterocycles. The molecule has 7 rings (SSSR count). The number of hydrogen-bond donors (Lipinski definition) is 1. The highest BCUT2D eigenvalue weighted by Gasteiger charge is 2.42. The first-order chi connectivity index (χ1) is 21.7. The van der Waals surface area contributed by atoms with Crippen molar-refractivity contribution in [1.82, 2.24) is 14.6 Å². The zero-order valence-corrected chi connectivity index (χ0v) is 25.5. The van der Waals surface area contributed by atoms with Crippen LogP contribution in [0.25, 0.3) is 11.0 Å². The molecule has 11 nitrogen and oxygen atoms in total. The second kappa shape index (κ2) is 11.4. The average Bonchev–Trinajstić information content (AvgIpc) is 3.52. The lowest BCUT2D eigenvalue weighted by molar-refractivity contribution is -0.0705. The summed E-state index contributed by atoms with van der Waals surface area (Å²) in [5.41, 5.74) is 2.41. The molecule has 0 bridgehead atoms. The van der Waals surface area contributed by atoms with Gasteiger partial charge in [0.1, 0.15) is 29.2 Å². The van der Waals surface area contributed by atoms with Gasteiger partial charge in [0, 0.05) is 25.1 Å². The number of para-hydroxylation sites is 1. The van der Waals surface area contributed by atoms with Crippen molar-refractivity contribution in [3.05, 3.63) is 76.3 Å². The molecular weight excluding hydrogens is 605 g/mol. The van der Waals surface area contributed by atoms with Crippen LogP contribution in [0.5, 0.6) is 17.2 Å². The van der Waals surface area contributed by atoms with Crippen LogP contribution < -0.4 is 19.1 Å². The Kier molecular flexibility index (Phi) is 7.41. The number of imidazole rings is 1. The number of hydrazone groups is 1. The van der Waals surface area contributed by atoms with Crippen LogP contribution in [0.1, 0.15) is 42.0 Å². The molecule has 0 amide bonds. The number of carboxylic acids is 1. The highest BCUT2D eigenvalue weighted by Crippen LogP contribution is 2.49. The van der Waals surface area contributed by atoms with E-state index in [4.69, 9.17) is 40.6 Å². The topological polar surface area (TPSA) is 111 Å². The van der Waals surface area contributed by atoms with Gasteiger partial charge in [0.15, 0.2) is 11.5 Å². The summed E-state index contributed by atoms with van der Waals surface area (Å²) >= 11 is 5.96. The van der Waals surface area contributed by atoms with Crippen molar-refractivity contribution < 1.29 is 33.2 Å². The van der Waals surface area contributed by atoms with Gasteiger partial charge in [-0.05, 0) is 55.8 Å². The normalized spacial score (nSPS) is 20.5. The van der Waals surface area contributed by atoms with Crippen LogP contribution >= 0.6 is 11.6 Å². The second-order valence-corrected chi connectivity index (χ2v) is 11.6. The third-order valence-electron chi connectivity index (χ3n) is 8.19. The Morgan fingerprint density at radius 1 is 1.20 bits per heavy atom. The number of aromatic nitrogens is 2. The van der Waals surface area contributed by atoms with E-state index in [-0.39, 0.29) is 22.3 Å². The molecule has 0 unspecified atom stereocenters. The van der Waals surface area contributed by atoms with Gasteiger partial charge in [-0.3, -0.25) is 5.01 Å². The molecule has 13 heteroatoms. The second-order valence-electron chi connectivity index (χ2n) is 11.2. The standard InChI is InChI=1S/C32H31ClFN5O6/c1-3-42-27-14-19(31(40)41)13-25-29(27)36-28(39(25)16-21-9-12-43-21)17-38-11-10-37(18-35-38)24-5-4-6-26-30(24)45-32(2,44-26)22-8-7-20(33)15-23(22)34/h4-8,13-15,18,21H,3,9-12,16-17H2,1-2H3,(H,40,41)/t21-,32+/m0/s1. The van der Waals surface area contributed by atoms with Crippen LogP contribution in [0.4, 0.5) is 10.1 Å². The van der Waals surface area contributed by atoms with E-state index in [0.29, 0.717) is 67.7 Å². The molecule has 4 heterocycles. The van der Waals surface area contributed by atoms with Gasteiger partial charge < -0.3 is 33.5 Å². The van der Waals surface area contributed by atoms with Crippen LogP contribution in [-0.2, 0) is 23.6 Å². The summed E-state index contributed by atoms with van der Waals surface area (Å²) in [5.74, 6) is -0.762. The molecule has 4 aromatic rings. The molecule has 0 aliphatic carbocycles. The van der Waals surface area contributed by atoms with E-state index in [9.17, 15) is 14.3 Å². The number of fused-ring (bicyclic) bond motifs is 2. The maximum absolute atomic E-state index is 14.8. The highest BCUT2D eigenvalue weighted by atomic mass is 35.5. The summed E-state index contributed by atoms with van der Waals surface area (Å²) in [7, 11) is 0. The minimum atomic E-state index is -1.36. The van der Waals surface area contributed by atoms with Crippen LogP contribution in [0.2, 0.25) is 5.02 Å². The zero-order valence-electron chi connectivity index (χ0n) is 24.7. The predicted octanol–water partition coefficient (Wildman–Crippen LogP) is 5.62. The van der Waals surface area contributed by atoms with E-state index >= 15 is 0 Å². The number of ether oxygens (including phenoxy) is 4. The van der Waals surface area contributed by atoms with Crippen molar-refractivity contribution in [2.24, 2.45) is 5.10 Å². The van der Waals surface area contributed by atoms with Crippen molar-refractivity contribution in [3.63, 3.8) is 0 Å². The number of carboxylic acid groups (broad SMARTS) is 1. The number of benzene rings is 3. The molecule has 2 atom stereocenters. The van der Waals surface area contributed by atoms with Crippen LogP contribution in [-0.4, -0.2) is 64.4 Å². The molecule has 45 heavy (non-hydrogen) atoms. The van der Waals surface area contributed by atoms with Gasteiger partial charge in [-0.2, -0.15) is 5.10 Å². The van der Waals surface area contributed by atoms with E-state index in [2.05, 4.69) is 0 Å². The molecule has 1 aromatic heterocycles. The maximum Gasteiger partial charge on any atom is 0.335 e. The van der Waals surface area contributed by atoms with Crippen molar-refractivity contribution in [2.45, 2.75) is 45.2 Å². The summed E-state index contributed by atoms with van der Waals surface area (Å²) < 4.78 is 40.7. The monoisotopic (exact) mass is 635 g/mol. The van der Waals surface area contributed by atoms with Crippen LogP contribution in [0.3, 0.4) is 0 Å². The lowest BCUT2D eigenvalue weighted by atomic mass is 10.1. The molecule has 3 aromatic carbocycles. The third kappa shape index (κ3) is 5.38. The number of anilines is 1. The number of carbonyl (C=O) groups is 1. The smallest absolute Gasteiger partial charge is 0.335 e. The fourth-order valence-electron chi connectivity index (χ4n) is 5.83. The molecule has 1 N–H and O–H groups in total. The van der Waals surface area contributed by atoms with Crippen LogP contribution in [0.15, 0.2) is 53.6 Å². The van der Waals surface area contributed by atoms with Gasteiger partial charge in [0.05, 0.1) is 54.7 Å². The molecule has 0 radical (unpaired) electrons. The lowest BCUT2D eigenvalue weighted by Gasteiger charge is -2.31. The predicted molar refractivity (Wildman–Crippen MR) is 165 cm³/mol. The van der Waals surface area contributed by atoms with Crippen molar-refractivity contribution in [1.29, 1.82) is 0 Å². The minimum absolute atomic E-state index is 0.0277. The molecule has 1 fully saturated rings. The SMILES string of the molecule is CCOc1cc(C(=O)O)cc2c1nc(CN1CCN(c3cccc4c3O[C@](C)(c3ccc(Cl)cc3F)O4)C=N1)n2C[C@@H]1CCO1. The third-order valence-corrected chi connectivity index (χ3v) is 8.43. The van der Waals surface area contributed by atoms with Gasteiger partial charge in [-0.25, -0.2) is 14.2 Å². The Balaban J connectivity index is 1.15. The lowest BCUT2D eigenvalue weighted by Crippen LogP contribution is -2.38. The Labute approximate surface area is 263 Å². The van der Waals surface area contributed by atoms with Crippen molar-refractivity contribution in [3.8, 4) is 17.2 Å². The van der Waals surface area contributed by atoms with Crippen molar-refractivity contribution >= 4 is 40.6 Å². The number of rotatable bonds is 9. The molecule has 3 aliphatic heterocycles. The van der Waals surface area contributed by atoms with Gasteiger partial charge in [0.25, 0.3) is 5.79 Å². The minimum Gasteiger partial charge on any atom is -0.492 e. The zero-order chi connectivity index (χ0) is 31.3. The fourth-order valence-corrected chi connectivity index (χ4v) is 5.99. The quantitative estimate of drug-likeness (QED) is 0.250. The largest absolute Gasteiger partial charge is 0.492 e. The molecule has 0 spiro atoms. The van der Waals surface area contributed by atoms with E-state index in [1.165, 1.54) is 12.1 Å². The first kappa shape index (κ1) is 29.2. The van der Waals surface area contributed by atoms with E-state index in [1.807, 2.05) is 33.5 Å². The van der Waals surface area contributed by atoms with Gasteiger partial charge in [-0.1, -0.05) is 17.7 Å². The Hall–Kier alpha value is -4.55. The van der Waals surface area contributed by atoms with E-state index < -0.39 is 17.6 Å². The fraction of sp³-hybridized carbons (Fsp3) is 0.344. The van der Waals surface area contributed by atoms with E-state index in [0.717, 1.165) is 17.9 Å². The van der Waals surface area contributed by atoms with Gasteiger partial charge >= 0.3 is 5.97 Å². The van der Waals surface area contributed by atoms with Gasteiger partial charge in [-0.15, -0.1) is 0 Å². The first-order valence-electron chi connectivity index (χ1n) is 14.8. The Morgan fingerprint density at radius 2 is 2.04 bits per heavy atom. The van der Waals surface area contributed by atoms with Gasteiger partial charge in [0.2, 0.25) is 0 Å². The summed E-state index contributed by atoms with van der Waals surface area (Å²) in [4.78, 5) is 18.8. The Morgan fingerprint density at radius 3 is 2.73 bits per heavy atom. The molecule has 3 aliphatic rings. The summed E-state index contributed by atoms with van der Waals surface area (Å²) in [6, 6.07) is 13.1. The van der Waals surface area contributed by atoms with Crippen LogP contribution in [0, 0.1) is 5.82 Å².